The van der Waals surface area contributed by atoms with E-state index in [0.717, 1.165) is 9.14 Å². The number of halogens is 2. The molecular formula is C21H16ClIN2O6. The number of hydrogen-bond donors (Lipinski definition) is 0. The van der Waals surface area contributed by atoms with Gasteiger partial charge in [-0.1, -0.05) is 18.2 Å². The van der Waals surface area contributed by atoms with Gasteiger partial charge in [0.25, 0.3) is 5.69 Å². The van der Waals surface area contributed by atoms with Gasteiger partial charge in [0.15, 0.2) is 17.2 Å². The van der Waals surface area contributed by atoms with Crippen LogP contribution in [0.5, 0.6) is 11.5 Å². The number of carbonyl (C=O) groups excluding carboxylic acids is 1. The van der Waals surface area contributed by atoms with Gasteiger partial charge in [-0.05, 0) is 71.0 Å². The Morgan fingerprint density at radius 1 is 1.39 bits per heavy atom. The molecule has 0 unspecified atom stereocenters. The lowest BCUT2D eigenvalue weighted by molar-refractivity contribution is -0.384. The van der Waals surface area contributed by atoms with Gasteiger partial charge in [-0.15, -0.1) is 0 Å². The number of nitro groups is 1. The van der Waals surface area contributed by atoms with Crippen molar-refractivity contribution in [1.29, 1.82) is 0 Å². The summed E-state index contributed by atoms with van der Waals surface area (Å²) in [5.74, 6) is 0.340. The van der Waals surface area contributed by atoms with Gasteiger partial charge in [-0.2, -0.15) is 0 Å². The summed E-state index contributed by atoms with van der Waals surface area (Å²) in [6.07, 6.45) is 1.53. The number of carbonyl (C=O) groups is 1. The van der Waals surface area contributed by atoms with E-state index < -0.39 is 10.9 Å². The molecule has 2 aromatic carbocycles. The Kier molecular flexibility index (Phi) is 6.96. The van der Waals surface area contributed by atoms with Crippen LogP contribution in [0.2, 0.25) is 5.02 Å². The molecule has 8 nitrogen and oxygen atoms in total. The topological polar surface area (TPSA) is 100 Å². The molecule has 0 N–H and O–H groups in total. The summed E-state index contributed by atoms with van der Waals surface area (Å²) in [4.78, 5) is 27.0. The minimum absolute atomic E-state index is 0.0231. The summed E-state index contributed by atoms with van der Waals surface area (Å²) in [6, 6.07) is 7.56. The molecule has 10 heteroatoms. The molecule has 0 aromatic heterocycles. The van der Waals surface area contributed by atoms with Gasteiger partial charge in [0.2, 0.25) is 5.90 Å². The fraction of sp³-hybridized carbons (Fsp3) is 0.143. The molecule has 0 aliphatic carbocycles. The number of benzene rings is 2. The summed E-state index contributed by atoms with van der Waals surface area (Å²) in [6.45, 7) is 6.02. The van der Waals surface area contributed by atoms with Crippen LogP contribution in [0.3, 0.4) is 0 Å². The van der Waals surface area contributed by atoms with Crippen LogP contribution in [0.15, 0.2) is 53.2 Å². The number of hydrogen-bond acceptors (Lipinski definition) is 7. The fourth-order valence-corrected chi connectivity index (χ4v) is 3.60. The largest absolute Gasteiger partial charge is 0.493 e. The molecule has 0 fully saturated rings. The van der Waals surface area contributed by atoms with Crippen LogP contribution >= 0.6 is 34.2 Å². The Balaban J connectivity index is 1.95. The monoisotopic (exact) mass is 554 g/mol. The van der Waals surface area contributed by atoms with Gasteiger partial charge >= 0.3 is 5.97 Å². The van der Waals surface area contributed by atoms with Gasteiger partial charge in [0, 0.05) is 11.6 Å². The second-order valence-electron chi connectivity index (χ2n) is 6.54. The van der Waals surface area contributed by atoms with E-state index in [1.54, 1.807) is 12.1 Å². The van der Waals surface area contributed by atoms with Gasteiger partial charge in [0.1, 0.15) is 11.6 Å². The second-order valence-corrected chi connectivity index (χ2v) is 8.11. The molecule has 1 aliphatic heterocycles. The van der Waals surface area contributed by atoms with Crippen molar-refractivity contribution in [3.8, 4) is 11.5 Å². The van der Waals surface area contributed by atoms with Crippen LogP contribution in [0, 0.1) is 13.7 Å². The van der Waals surface area contributed by atoms with Crippen LogP contribution in [0.4, 0.5) is 5.69 Å². The average molecular weight is 555 g/mol. The maximum atomic E-state index is 12.3. The average Bonchev–Trinajstić information content (AvgIpc) is 3.07. The van der Waals surface area contributed by atoms with Crippen molar-refractivity contribution in [2.75, 3.05) is 13.7 Å². The zero-order chi connectivity index (χ0) is 22.7. The SMILES string of the molecule is C=C(C)COc1c(I)cc(/C=C2\N=C(c3ccc(Cl)c([N+](=O)[O-])c3)OC2=O)cc1OC. The highest BCUT2D eigenvalue weighted by atomic mass is 127. The van der Waals surface area contributed by atoms with E-state index in [9.17, 15) is 14.9 Å². The molecule has 1 aliphatic rings. The molecule has 0 saturated carbocycles. The number of nitro benzene ring substituents is 1. The Morgan fingerprint density at radius 3 is 2.77 bits per heavy atom. The summed E-state index contributed by atoms with van der Waals surface area (Å²) in [5, 5.41) is 11.1. The van der Waals surface area contributed by atoms with E-state index in [0.29, 0.717) is 23.7 Å². The number of nitrogens with zero attached hydrogens (tertiary/aromatic N) is 2. The molecule has 0 saturated heterocycles. The number of cyclic esters (lactones) is 1. The highest BCUT2D eigenvalue weighted by Crippen LogP contribution is 2.35. The first-order valence-corrected chi connectivity index (χ1v) is 10.3. The first kappa shape index (κ1) is 22.8. The Morgan fingerprint density at radius 2 is 2.13 bits per heavy atom. The lowest BCUT2D eigenvalue weighted by atomic mass is 10.1. The van der Waals surface area contributed by atoms with Crippen molar-refractivity contribution in [3.05, 3.63) is 78.0 Å². The van der Waals surface area contributed by atoms with E-state index in [1.165, 1.54) is 31.4 Å². The second kappa shape index (κ2) is 9.48. The summed E-state index contributed by atoms with van der Waals surface area (Å²) >= 11 is 7.94. The van der Waals surface area contributed by atoms with Crippen molar-refractivity contribution in [3.63, 3.8) is 0 Å². The quantitative estimate of drug-likeness (QED) is 0.117. The number of rotatable bonds is 7. The van der Waals surface area contributed by atoms with Crippen molar-refractivity contribution >= 4 is 57.8 Å². The molecule has 31 heavy (non-hydrogen) atoms. The molecule has 0 bridgehead atoms. The van der Waals surface area contributed by atoms with Gasteiger partial charge < -0.3 is 14.2 Å². The Hall–Kier alpha value is -2.92. The maximum Gasteiger partial charge on any atom is 0.363 e. The van der Waals surface area contributed by atoms with E-state index in [-0.39, 0.29) is 27.9 Å². The molecule has 0 atom stereocenters. The summed E-state index contributed by atoms with van der Waals surface area (Å²) in [7, 11) is 1.52. The highest BCUT2D eigenvalue weighted by molar-refractivity contribution is 14.1. The predicted octanol–water partition coefficient (Wildman–Crippen LogP) is 5.16. The van der Waals surface area contributed by atoms with E-state index in [2.05, 4.69) is 34.2 Å². The normalized spacial score (nSPS) is 14.3. The van der Waals surface area contributed by atoms with E-state index in [1.807, 2.05) is 6.92 Å². The van der Waals surface area contributed by atoms with Crippen LogP contribution in [-0.2, 0) is 9.53 Å². The van der Waals surface area contributed by atoms with Crippen LogP contribution in [0.25, 0.3) is 6.08 Å². The van der Waals surface area contributed by atoms with Crippen molar-refractivity contribution in [1.82, 2.24) is 0 Å². The first-order valence-electron chi connectivity index (χ1n) is 8.81. The van der Waals surface area contributed by atoms with Gasteiger partial charge in [0.05, 0.1) is 15.6 Å². The molecule has 2 aromatic rings. The number of methoxy groups -OCH3 is 1. The third-order valence-corrected chi connectivity index (χ3v) is 5.15. The van der Waals surface area contributed by atoms with Crippen LogP contribution in [-0.4, -0.2) is 30.5 Å². The fourth-order valence-electron chi connectivity index (χ4n) is 2.63. The third-order valence-electron chi connectivity index (χ3n) is 4.03. The molecule has 0 radical (unpaired) electrons. The van der Waals surface area contributed by atoms with E-state index in [4.69, 9.17) is 25.8 Å². The lowest BCUT2D eigenvalue weighted by Crippen LogP contribution is -2.06. The molecule has 3 rings (SSSR count). The first-order chi connectivity index (χ1) is 14.7. The Labute approximate surface area is 196 Å². The van der Waals surface area contributed by atoms with Crippen molar-refractivity contribution in [2.24, 2.45) is 4.99 Å². The molecule has 0 amide bonds. The molecule has 0 spiro atoms. The molecule has 1 heterocycles. The number of aliphatic imine (C=N–C) groups is 1. The minimum atomic E-state index is -0.677. The number of esters is 1. The zero-order valence-electron chi connectivity index (χ0n) is 16.5. The van der Waals surface area contributed by atoms with Gasteiger partial charge in [-0.3, -0.25) is 10.1 Å². The van der Waals surface area contributed by atoms with Crippen LogP contribution in [0.1, 0.15) is 18.1 Å². The standard InChI is InChI=1S/C21H16ClIN2O6/c1-11(2)10-30-19-15(23)6-12(8-18(19)29-3)7-16-21(26)31-20(24-16)13-4-5-14(22)17(9-13)25(27)28/h4-9H,1,10H2,2-3H3/b16-7-. The van der Waals surface area contributed by atoms with Gasteiger partial charge in [-0.25, -0.2) is 9.79 Å². The van der Waals surface area contributed by atoms with Crippen molar-refractivity contribution in [2.45, 2.75) is 6.92 Å². The number of ether oxygens (including phenoxy) is 3. The Bertz CT molecular complexity index is 1160. The lowest BCUT2D eigenvalue weighted by Gasteiger charge is -2.13. The maximum absolute atomic E-state index is 12.3. The van der Waals surface area contributed by atoms with Crippen LogP contribution < -0.4 is 9.47 Å². The zero-order valence-corrected chi connectivity index (χ0v) is 19.4. The highest BCUT2D eigenvalue weighted by Gasteiger charge is 2.26. The molecule has 160 valence electrons. The molecular weight excluding hydrogens is 539 g/mol. The predicted molar refractivity (Wildman–Crippen MR) is 125 cm³/mol. The minimum Gasteiger partial charge on any atom is -0.493 e. The summed E-state index contributed by atoms with van der Waals surface area (Å²) < 4.78 is 17.1. The smallest absolute Gasteiger partial charge is 0.363 e. The summed E-state index contributed by atoms with van der Waals surface area (Å²) in [5.41, 5.74) is 1.51. The van der Waals surface area contributed by atoms with E-state index >= 15 is 0 Å². The van der Waals surface area contributed by atoms with Crippen molar-refractivity contribution < 1.29 is 23.9 Å². The third kappa shape index (κ3) is 5.23.